The van der Waals surface area contributed by atoms with E-state index in [0.717, 1.165) is 16.8 Å². The normalized spacial score (nSPS) is 31.1. The van der Waals surface area contributed by atoms with Gasteiger partial charge in [-0.15, -0.1) is 0 Å². The number of hydrogen-bond acceptors (Lipinski definition) is 6. The molecule has 7 nitrogen and oxygen atoms in total. The van der Waals surface area contributed by atoms with Gasteiger partial charge in [-0.3, -0.25) is 9.69 Å². The molecule has 2 fully saturated rings. The topological polar surface area (TPSA) is 102 Å². The van der Waals surface area contributed by atoms with Gasteiger partial charge in [0.05, 0.1) is 6.10 Å². The summed E-state index contributed by atoms with van der Waals surface area (Å²) < 4.78 is 5.93. The number of amides is 1. The van der Waals surface area contributed by atoms with Crippen LogP contribution in [0.1, 0.15) is 30.1 Å². The summed E-state index contributed by atoms with van der Waals surface area (Å²) in [5, 5.41) is 35.6. The maximum Gasteiger partial charge on any atom is 0.224 e. The van der Waals surface area contributed by atoms with Crippen molar-refractivity contribution in [1.29, 1.82) is 0 Å². The van der Waals surface area contributed by atoms with E-state index in [1.165, 1.54) is 0 Å². The summed E-state index contributed by atoms with van der Waals surface area (Å²) >= 11 is 0. The van der Waals surface area contributed by atoms with Crippen molar-refractivity contribution in [2.45, 2.75) is 43.2 Å². The minimum absolute atomic E-state index is 0.0192. The molecule has 2 aromatic rings. The SMILES string of the molecule is O=C1CCc2cc(C(O)CN3C[C@@H]4C[C@@H](Oc5ccccc5)[C@@H](O)[C@]4(O)C3)ccc2N1. The minimum Gasteiger partial charge on any atom is -0.488 e. The zero-order valence-electron chi connectivity index (χ0n) is 17.3. The molecule has 3 aliphatic rings. The summed E-state index contributed by atoms with van der Waals surface area (Å²) in [6.45, 7) is 1.27. The van der Waals surface area contributed by atoms with E-state index >= 15 is 0 Å². The summed E-state index contributed by atoms with van der Waals surface area (Å²) in [6, 6.07) is 15.0. The zero-order chi connectivity index (χ0) is 21.6. The van der Waals surface area contributed by atoms with Crippen molar-refractivity contribution in [2.75, 3.05) is 25.0 Å². The highest BCUT2D eigenvalue weighted by Gasteiger charge is 2.59. The predicted octanol–water partition coefficient (Wildman–Crippen LogP) is 1.48. The van der Waals surface area contributed by atoms with Gasteiger partial charge in [0, 0.05) is 37.7 Å². The lowest BCUT2D eigenvalue weighted by Crippen LogP contribution is -2.49. The summed E-state index contributed by atoms with van der Waals surface area (Å²) in [4.78, 5) is 13.5. The molecule has 1 saturated heterocycles. The van der Waals surface area contributed by atoms with E-state index in [2.05, 4.69) is 5.32 Å². The third kappa shape index (κ3) is 3.83. The number of hydrogen-bond donors (Lipinski definition) is 4. The Labute approximate surface area is 181 Å². The number of rotatable bonds is 5. The number of ether oxygens (including phenoxy) is 1. The molecule has 0 radical (unpaired) electrons. The number of benzene rings is 2. The first-order chi connectivity index (χ1) is 14.9. The third-order valence-electron chi connectivity index (χ3n) is 6.91. The van der Waals surface area contributed by atoms with Gasteiger partial charge in [0.1, 0.15) is 23.6 Å². The first kappa shape index (κ1) is 20.5. The van der Waals surface area contributed by atoms with Crippen LogP contribution in [0.25, 0.3) is 0 Å². The van der Waals surface area contributed by atoms with Crippen LogP contribution in [0.4, 0.5) is 5.69 Å². The highest BCUT2D eigenvalue weighted by molar-refractivity contribution is 5.93. The van der Waals surface area contributed by atoms with Crippen molar-refractivity contribution in [1.82, 2.24) is 4.90 Å². The number of fused-ring (bicyclic) bond motifs is 2. The molecule has 31 heavy (non-hydrogen) atoms. The molecule has 0 bridgehead atoms. The van der Waals surface area contributed by atoms with Crippen LogP contribution < -0.4 is 10.1 Å². The molecule has 1 saturated carbocycles. The molecule has 0 aromatic heterocycles. The highest BCUT2D eigenvalue weighted by Crippen LogP contribution is 2.43. The number of nitrogens with zero attached hydrogens (tertiary/aromatic N) is 1. The summed E-state index contributed by atoms with van der Waals surface area (Å²) in [5.74, 6) is 0.596. The van der Waals surface area contributed by atoms with Gasteiger partial charge < -0.3 is 25.4 Å². The first-order valence-electron chi connectivity index (χ1n) is 10.9. The van der Waals surface area contributed by atoms with Crippen LogP contribution >= 0.6 is 0 Å². The van der Waals surface area contributed by atoms with Crippen molar-refractivity contribution in [2.24, 2.45) is 5.92 Å². The molecule has 0 spiro atoms. The zero-order valence-corrected chi connectivity index (χ0v) is 17.3. The number of anilines is 1. The van der Waals surface area contributed by atoms with Crippen LogP contribution in [0.15, 0.2) is 48.5 Å². The standard InChI is InChI=1S/C24H28N2O5/c27-20(16-6-8-19-15(10-16)7-9-22(28)25-19)13-26-12-17-11-21(23(29)24(17,30)14-26)31-18-4-2-1-3-5-18/h1-6,8,10,17,20-21,23,27,29-30H,7,9,11-14H2,(H,25,28)/t17-,20?,21+,23+,24-/m0/s1. The average Bonchev–Trinajstić information content (AvgIpc) is 3.19. The molecule has 4 N–H and O–H groups in total. The highest BCUT2D eigenvalue weighted by atomic mass is 16.5. The second kappa shape index (κ2) is 7.91. The van der Waals surface area contributed by atoms with E-state index < -0.39 is 23.9 Å². The van der Waals surface area contributed by atoms with Gasteiger partial charge in [-0.05, 0) is 42.2 Å². The van der Waals surface area contributed by atoms with Crippen LogP contribution in [0.5, 0.6) is 5.75 Å². The van der Waals surface area contributed by atoms with Gasteiger partial charge in [0.15, 0.2) is 0 Å². The van der Waals surface area contributed by atoms with Crippen molar-refractivity contribution in [3.05, 3.63) is 59.7 Å². The van der Waals surface area contributed by atoms with Crippen molar-refractivity contribution >= 4 is 11.6 Å². The number of aliphatic hydroxyl groups is 3. The predicted molar refractivity (Wildman–Crippen MR) is 115 cm³/mol. The number of carbonyl (C=O) groups excluding carboxylic acids is 1. The van der Waals surface area contributed by atoms with Gasteiger partial charge in [0.2, 0.25) is 5.91 Å². The molecular formula is C24H28N2O5. The van der Waals surface area contributed by atoms with Gasteiger partial charge in [-0.25, -0.2) is 0 Å². The second-order valence-electron chi connectivity index (χ2n) is 9.01. The maximum absolute atomic E-state index is 11.5. The maximum atomic E-state index is 11.5. The molecule has 5 rings (SSSR count). The lowest BCUT2D eigenvalue weighted by atomic mass is 9.93. The number of β-amino-alcohol motifs (C(OH)–C–C–N with tert-alkyl or cyclic N) is 2. The largest absolute Gasteiger partial charge is 0.488 e. The van der Waals surface area contributed by atoms with E-state index in [1.807, 2.05) is 53.4 Å². The quantitative estimate of drug-likeness (QED) is 0.580. The average molecular weight is 424 g/mol. The molecule has 164 valence electrons. The number of para-hydroxylation sites is 1. The van der Waals surface area contributed by atoms with Crippen LogP contribution in [-0.2, 0) is 11.2 Å². The van der Waals surface area contributed by atoms with Crippen molar-refractivity contribution < 1.29 is 24.9 Å². The number of aryl methyl sites for hydroxylation is 1. The Hall–Kier alpha value is -2.45. The van der Waals surface area contributed by atoms with E-state index in [0.29, 0.717) is 44.6 Å². The van der Waals surface area contributed by atoms with Crippen LogP contribution in [0, 0.1) is 5.92 Å². The summed E-state index contributed by atoms with van der Waals surface area (Å²) in [7, 11) is 0. The van der Waals surface area contributed by atoms with Crippen LogP contribution in [0.2, 0.25) is 0 Å². The molecule has 1 unspecified atom stereocenters. The fraction of sp³-hybridized carbons (Fsp3) is 0.458. The number of likely N-dealkylation sites (tertiary alicyclic amines) is 1. The first-order valence-corrected chi connectivity index (χ1v) is 10.9. The minimum atomic E-state index is -1.24. The molecule has 1 amide bonds. The number of aliphatic hydroxyl groups excluding tert-OH is 2. The van der Waals surface area contributed by atoms with E-state index in [4.69, 9.17) is 4.74 Å². The third-order valence-corrected chi connectivity index (χ3v) is 6.91. The lowest BCUT2D eigenvalue weighted by molar-refractivity contribution is -0.116. The smallest absolute Gasteiger partial charge is 0.224 e. The monoisotopic (exact) mass is 424 g/mol. The second-order valence-corrected chi connectivity index (χ2v) is 9.01. The fourth-order valence-corrected chi connectivity index (χ4v) is 5.25. The Kier molecular flexibility index (Phi) is 5.22. The summed E-state index contributed by atoms with van der Waals surface area (Å²) in [5.41, 5.74) is 1.40. The Bertz CT molecular complexity index is 968. The van der Waals surface area contributed by atoms with Gasteiger partial charge >= 0.3 is 0 Å². The van der Waals surface area contributed by atoms with Gasteiger partial charge in [-0.2, -0.15) is 0 Å². The van der Waals surface area contributed by atoms with Crippen LogP contribution in [-0.4, -0.2) is 63.6 Å². The fourth-order valence-electron chi connectivity index (χ4n) is 5.25. The van der Waals surface area contributed by atoms with Crippen molar-refractivity contribution in [3.63, 3.8) is 0 Å². The van der Waals surface area contributed by atoms with Gasteiger partial charge in [0.25, 0.3) is 0 Å². The Morgan fingerprint density at radius 2 is 2.00 bits per heavy atom. The van der Waals surface area contributed by atoms with Crippen molar-refractivity contribution in [3.8, 4) is 5.75 Å². The number of nitrogens with one attached hydrogen (secondary N) is 1. The van der Waals surface area contributed by atoms with Gasteiger partial charge in [-0.1, -0.05) is 30.3 Å². The molecule has 2 heterocycles. The van der Waals surface area contributed by atoms with E-state index in [-0.39, 0.29) is 11.8 Å². The lowest BCUT2D eigenvalue weighted by Gasteiger charge is -2.29. The molecule has 1 aliphatic carbocycles. The number of carbonyl (C=O) groups is 1. The van der Waals surface area contributed by atoms with Crippen LogP contribution in [0.3, 0.4) is 0 Å². The Balaban J connectivity index is 1.22. The Morgan fingerprint density at radius 3 is 2.77 bits per heavy atom. The molecule has 2 aliphatic heterocycles. The van der Waals surface area contributed by atoms with E-state index in [9.17, 15) is 20.1 Å². The Morgan fingerprint density at radius 1 is 1.19 bits per heavy atom. The summed E-state index contributed by atoms with van der Waals surface area (Å²) in [6.07, 6.45) is -0.441. The molecular weight excluding hydrogens is 396 g/mol. The molecule has 2 aromatic carbocycles. The molecule has 5 atom stereocenters. The van der Waals surface area contributed by atoms with E-state index in [1.54, 1.807) is 0 Å². The molecule has 7 heteroatoms.